The van der Waals surface area contributed by atoms with Gasteiger partial charge in [-0.05, 0) is 0 Å². The van der Waals surface area contributed by atoms with Crippen LogP contribution in [0.3, 0.4) is 0 Å². The topological polar surface area (TPSA) is 59.9 Å². The molecule has 0 N–H and O–H groups in total. The molecule has 1 heterocycles. The SMILES string of the molecule is O=S(=O)(Cl)CCSc1nncc2ccccc12. The van der Waals surface area contributed by atoms with Crippen LogP contribution in [0.15, 0.2) is 35.5 Å². The van der Waals surface area contributed by atoms with Crippen LogP contribution in [-0.2, 0) is 9.05 Å². The molecule has 0 aliphatic carbocycles. The number of benzene rings is 1. The van der Waals surface area contributed by atoms with Crippen molar-refractivity contribution in [3.63, 3.8) is 0 Å². The van der Waals surface area contributed by atoms with E-state index in [4.69, 9.17) is 10.7 Å². The molecule has 1 aromatic heterocycles. The average Bonchev–Trinajstić information content (AvgIpc) is 2.28. The first-order valence-electron chi connectivity index (χ1n) is 4.82. The van der Waals surface area contributed by atoms with Crippen LogP contribution < -0.4 is 0 Å². The quantitative estimate of drug-likeness (QED) is 0.638. The fraction of sp³-hybridized carbons (Fsp3) is 0.200. The van der Waals surface area contributed by atoms with Gasteiger partial charge in [0.2, 0.25) is 9.05 Å². The molecule has 17 heavy (non-hydrogen) atoms. The Morgan fingerprint density at radius 1 is 1.29 bits per heavy atom. The summed E-state index contributed by atoms with van der Waals surface area (Å²) >= 11 is 1.34. The summed E-state index contributed by atoms with van der Waals surface area (Å²) in [5.41, 5.74) is 0. The van der Waals surface area contributed by atoms with Crippen LogP contribution in [0.2, 0.25) is 0 Å². The Labute approximate surface area is 108 Å². The Bertz CT molecular complexity index is 626. The smallest absolute Gasteiger partial charge is 0.212 e. The van der Waals surface area contributed by atoms with Gasteiger partial charge in [0, 0.05) is 27.2 Å². The van der Waals surface area contributed by atoms with Crippen LogP contribution in [-0.4, -0.2) is 30.1 Å². The summed E-state index contributed by atoms with van der Waals surface area (Å²) in [5, 5.41) is 10.6. The van der Waals surface area contributed by atoms with E-state index in [1.807, 2.05) is 24.3 Å². The molecule has 2 aromatic rings. The van der Waals surface area contributed by atoms with Crippen LogP contribution in [0.5, 0.6) is 0 Å². The maximum atomic E-state index is 10.8. The van der Waals surface area contributed by atoms with Crippen molar-refractivity contribution in [3.05, 3.63) is 30.5 Å². The molecule has 0 radical (unpaired) electrons. The highest BCUT2D eigenvalue weighted by Gasteiger charge is 2.08. The van der Waals surface area contributed by atoms with E-state index in [1.54, 1.807) is 6.20 Å². The van der Waals surface area contributed by atoms with E-state index < -0.39 is 9.05 Å². The Morgan fingerprint density at radius 2 is 2.06 bits per heavy atom. The van der Waals surface area contributed by atoms with Crippen molar-refractivity contribution < 1.29 is 8.42 Å². The minimum atomic E-state index is -3.44. The molecule has 0 bridgehead atoms. The molecule has 0 aliphatic rings. The third kappa shape index (κ3) is 3.55. The van der Waals surface area contributed by atoms with Gasteiger partial charge in [-0.1, -0.05) is 24.3 Å². The van der Waals surface area contributed by atoms with Gasteiger partial charge in [-0.15, -0.1) is 16.9 Å². The van der Waals surface area contributed by atoms with E-state index in [-0.39, 0.29) is 5.75 Å². The first-order chi connectivity index (χ1) is 8.06. The number of nitrogens with zero attached hydrogens (tertiary/aromatic N) is 2. The zero-order valence-electron chi connectivity index (χ0n) is 8.71. The van der Waals surface area contributed by atoms with Crippen molar-refractivity contribution in [2.24, 2.45) is 0 Å². The summed E-state index contributed by atoms with van der Waals surface area (Å²) < 4.78 is 21.6. The second-order valence-electron chi connectivity index (χ2n) is 3.33. The third-order valence-corrected chi connectivity index (χ3v) is 4.50. The predicted molar refractivity (Wildman–Crippen MR) is 69.9 cm³/mol. The average molecular weight is 289 g/mol. The lowest BCUT2D eigenvalue weighted by Crippen LogP contribution is -2.00. The zero-order valence-corrected chi connectivity index (χ0v) is 11.1. The summed E-state index contributed by atoms with van der Waals surface area (Å²) in [6.07, 6.45) is 1.68. The lowest BCUT2D eigenvalue weighted by molar-refractivity contribution is 0.611. The van der Waals surface area contributed by atoms with Gasteiger partial charge in [-0.2, -0.15) is 5.10 Å². The molecule has 90 valence electrons. The Morgan fingerprint density at radius 3 is 2.82 bits per heavy atom. The minimum Gasteiger partial charge on any atom is -0.212 e. The van der Waals surface area contributed by atoms with Crippen LogP contribution in [0.4, 0.5) is 0 Å². The van der Waals surface area contributed by atoms with E-state index in [0.717, 1.165) is 15.8 Å². The van der Waals surface area contributed by atoms with Gasteiger partial charge in [0.15, 0.2) is 0 Å². The van der Waals surface area contributed by atoms with Gasteiger partial charge in [-0.25, -0.2) is 8.42 Å². The second kappa shape index (κ2) is 5.20. The van der Waals surface area contributed by atoms with Crippen molar-refractivity contribution in [2.75, 3.05) is 11.5 Å². The summed E-state index contributed by atoms with van der Waals surface area (Å²) in [5.74, 6) is 0.290. The molecule has 0 amide bonds. The van der Waals surface area contributed by atoms with Gasteiger partial charge >= 0.3 is 0 Å². The molecule has 7 heteroatoms. The molecular formula is C10H9ClN2O2S2. The van der Waals surface area contributed by atoms with E-state index in [1.165, 1.54) is 11.8 Å². The summed E-state index contributed by atoms with van der Waals surface area (Å²) in [6, 6.07) is 7.70. The van der Waals surface area contributed by atoms with Gasteiger partial charge in [-0.3, -0.25) is 0 Å². The van der Waals surface area contributed by atoms with Crippen LogP contribution >= 0.6 is 22.4 Å². The first kappa shape index (κ1) is 12.6. The third-order valence-electron chi connectivity index (χ3n) is 2.10. The maximum absolute atomic E-state index is 10.8. The Kier molecular flexibility index (Phi) is 3.86. The highest BCUT2D eigenvalue weighted by atomic mass is 35.7. The lowest BCUT2D eigenvalue weighted by Gasteiger charge is -2.02. The fourth-order valence-corrected chi connectivity index (χ4v) is 3.68. The number of fused-ring (bicyclic) bond motifs is 1. The Hall–Kier alpha value is -0.850. The predicted octanol–water partition coefficient (Wildman–Crippen LogP) is 2.29. The lowest BCUT2D eigenvalue weighted by atomic mass is 10.2. The minimum absolute atomic E-state index is 0.0792. The molecule has 0 aliphatic heterocycles. The first-order valence-corrected chi connectivity index (χ1v) is 8.28. The number of halogens is 1. The van der Waals surface area contributed by atoms with E-state index in [0.29, 0.717) is 5.75 Å². The number of thioether (sulfide) groups is 1. The van der Waals surface area contributed by atoms with E-state index in [2.05, 4.69) is 10.2 Å². The zero-order chi connectivity index (χ0) is 12.3. The van der Waals surface area contributed by atoms with E-state index >= 15 is 0 Å². The molecule has 0 saturated carbocycles. The van der Waals surface area contributed by atoms with Crippen molar-refractivity contribution in [1.82, 2.24) is 10.2 Å². The molecule has 0 atom stereocenters. The number of hydrogen-bond acceptors (Lipinski definition) is 5. The van der Waals surface area contributed by atoms with Crippen molar-refractivity contribution >= 4 is 42.3 Å². The highest BCUT2D eigenvalue weighted by Crippen LogP contribution is 2.24. The number of aromatic nitrogens is 2. The van der Waals surface area contributed by atoms with Gasteiger partial charge in [0.05, 0.1) is 11.9 Å². The van der Waals surface area contributed by atoms with Crippen molar-refractivity contribution in [3.8, 4) is 0 Å². The van der Waals surface area contributed by atoms with Crippen molar-refractivity contribution in [2.45, 2.75) is 5.03 Å². The summed E-state index contributed by atoms with van der Waals surface area (Å²) in [6.45, 7) is 0. The van der Waals surface area contributed by atoms with Crippen LogP contribution in [0.25, 0.3) is 10.8 Å². The fourth-order valence-electron chi connectivity index (χ4n) is 1.35. The second-order valence-corrected chi connectivity index (χ2v) is 7.31. The van der Waals surface area contributed by atoms with Crippen LogP contribution in [0, 0.1) is 0 Å². The van der Waals surface area contributed by atoms with Gasteiger partial charge in [0.25, 0.3) is 0 Å². The summed E-state index contributed by atoms with van der Waals surface area (Å²) in [4.78, 5) is 0. The molecule has 0 spiro atoms. The van der Waals surface area contributed by atoms with E-state index in [9.17, 15) is 8.42 Å². The van der Waals surface area contributed by atoms with Gasteiger partial charge in [0.1, 0.15) is 5.03 Å². The molecule has 0 fully saturated rings. The van der Waals surface area contributed by atoms with Crippen LogP contribution in [0.1, 0.15) is 0 Å². The molecule has 4 nitrogen and oxygen atoms in total. The summed E-state index contributed by atoms with van der Waals surface area (Å²) in [7, 11) is 1.70. The maximum Gasteiger partial charge on any atom is 0.233 e. The molecule has 2 rings (SSSR count). The molecule has 1 aromatic carbocycles. The van der Waals surface area contributed by atoms with Crippen molar-refractivity contribution in [1.29, 1.82) is 0 Å². The number of hydrogen-bond donors (Lipinski definition) is 0. The largest absolute Gasteiger partial charge is 0.233 e. The molecular weight excluding hydrogens is 280 g/mol. The van der Waals surface area contributed by atoms with Gasteiger partial charge < -0.3 is 0 Å². The highest BCUT2D eigenvalue weighted by molar-refractivity contribution is 8.14. The molecule has 0 saturated heterocycles. The number of rotatable bonds is 4. The monoisotopic (exact) mass is 288 g/mol. The normalized spacial score (nSPS) is 11.8. The standard InChI is InChI=1S/C10H9ClN2O2S2/c11-17(14,15)6-5-16-10-9-4-2-1-3-8(9)7-12-13-10/h1-4,7H,5-6H2. The molecule has 0 unspecified atom stereocenters. The Balaban J connectivity index is 2.19.